The first-order valence-electron chi connectivity index (χ1n) is 9.50. The molecule has 0 radical (unpaired) electrons. The predicted octanol–water partition coefficient (Wildman–Crippen LogP) is 5.00. The third kappa shape index (κ3) is 3.35. The third-order valence-corrected chi connectivity index (χ3v) is 5.34. The Morgan fingerprint density at radius 1 is 1.21 bits per heavy atom. The summed E-state index contributed by atoms with van der Waals surface area (Å²) in [5.74, 6) is 0.754. The average Bonchev–Trinajstić information content (AvgIpc) is 3.18. The van der Waals surface area contributed by atoms with Crippen LogP contribution in [0.15, 0.2) is 47.0 Å². The lowest BCUT2D eigenvalue weighted by Crippen LogP contribution is -2.37. The minimum absolute atomic E-state index is 0.0712. The van der Waals surface area contributed by atoms with Crippen LogP contribution in [0.25, 0.3) is 22.8 Å². The van der Waals surface area contributed by atoms with Crippen LogP contribution in [0.5, 0.6) is 0 Å². The molecule has 7 heteroatoms. The minimum atomic E-state index is -0.335. The lowest BCUT2D eigenvalue weighted by molar-refractivity contribution is -0.384. The van der Waals surface area contributed by atoms with E-state index in [1.165, 1.54) is 6.07 Å². The normalized spacial score (nSPS) is 16.9. The summed E-state index contributed by atoms with van der Waals surface area (Å²) in [7, 11) is 0. The molecule has 3 aromatic rings. The van der Waals surface area contributed by atoms with Crippen molar-refractivity contribution in [3.63, 3.8) is 0 Å². The lowest BCUT2D eigenvalue weighted by atomic mass is 10.0. The number of aryl methyl sites for hydroxylation is 1. The van der Waals surface area contributed by atoms with Crippen LogP contribution in [0.4, 0.5) is 11.4 Å². The number of nitro groups is 1. The molecule has 4 rings (SSSR count). The van der Waals surface area contributed by atoms with Crippen molar-refractivity contribution in [3.8, 4) is 22.8 Å². The van der Waals surface area contributed by atoms with Crippen molar-refractivity contribution < 1.29 is 9.45 Å². The monoisotopic (exact) mass is 378 g/mol. The van der Waals surface area contributed by atoms with Crippen molar-refractivity contribution in [2.45, 2.75) is 39.2 Å². The van der Waals surface area contributed by atoms with E-state index in [4.69, 9.17) is 4.52 Å². The van der Waals surface area contributed by atoms with Gasteiger partial charge in [0.25, 0.3) is 11.6 Å². The fourth-order valence-corrected chi connectivity index (χ4v) is 3.78. The standard InChI is InChI=1S/C21H22N4O3/c1-14-7-3-4-9-17(14)20-22-21(28-23-20)16-10-11-18(19(13-16)25(26)27)24-12-6-5-8-15(24)2/h3-4,7,9-11,13,15H,5-6,8,12H2,1-2H3/t15-/m0/s1. The van der Waals surface area contributed by atoms with E-state index in [9.17, 15) is 10.1 Å². The maximum Gasteiger partial charge on any atom is 0.293 e. The van der Waals surface area contributed by atoms with Gasteiger partial charge in [-0.05, 0) is 50.8 Å². The van der Waals surface area contributed by atoms with Crippen LogP contribution in [0, 0.1) is 17.0 Å². The van der Waals surface area contributed by atoms with Gasteiger partial charge in [0.1, 0.15) is 5.69 Å². The number of nitro benzene ring substituents is 1. The minimum Gasteiger partial charge on any atom is -0.363 e. The summed E-state index contributed by atoms with van der Waals surface area (Å²) in [4.78, 5) is 18.0. The van der Waals surface area contributed by atoms with E-state index < -0.39 is 0 Å². The molecule has 7 nitrogen and oxygen atoms in total. The summed E-state index contributed by atoms with van der Waals surface area (Å²) >= 11 is 0. The molecule has 2 heterocycles. The van der Waals surface area contributed by atoms with Gasteiger partial charge in [0.15, 0.2) is 0 Å². The Kier molecular flexibility index (Phi) is 4.81. The lowest BCUT2D eigenvalue weighted by Gasteiger charge is -2.35. The smallest absolute Gasteiger partial charge is 0.293 e. The quantitative estimate of drug-likeness (QED) is 0.469. The Morgan fingerprint density at radius 2 is 2.04 bits per heavy atom. The van der Waals surface area contributed by atoms with Crippen molar-refractivity contribution in [1.82, 2.24) is 10.1 Å². The van der Waals surface area contributed by atoms with E-state index in [0.29, 0.717) is 17.1 Å². The maximum atomic E-state index is 11.7. The molecule has 1 aliphatic rings. The molecule has 1 fully saturated rings. The molecule has 28 heavy (non-hydrogen) atoms. The van der Waals surface area contributed by atoms with Gasteiger partial charge in [-0.25, -0.2) is 0 Å². The molecule has 0 bridgehead atoms. The predicted molar refractivity (Wildman–Crippen MR) is 107 cm³/mol. The fraction of sp³-hybridized carbons (Fsp3) is 0.333. The maximum absolute atomic E-state index is 11.7. The van der Waals surface area contributed by atoms with Crippen LogP contribution < -0.4 is 4.90 Å². The molecular formula is C21H22N4O3. The van der Waals surface area contributed by atoms with E-state index >= 15 is 0 Å². The number of hydrogen-bond donors (Lipinski definition) is 0. The van der Waals surface area contributed by atoms with Crippen molar-refractivity contribution in [3.05, 3.63) is 58.1 Å². The Hall–Kier alpha value is -3.22. The van der Waals surface area contributed by atoms with Gasteiger partial charge in [0.2, 0.25) is 5.82 Å². The zero-order chi connectivity index (χ0) is 19.7. The zero-order valence-electron chi connectivity index (χ0n) is 16.0. The first-order valence-corrected chi connectivity index (χ1v) is 9.50. The molecule has 1 atom stereocenters. The molecule has 0 saturated carbocycles. The van der Waals surface area contributed by atoms with Crippen molar-refractivity contribution >= 4 is 11.4 Å². The molecule has 0 N–H and O–H groups in total. The number of piperidine rings is 1. The fourth-order valence-electron chi connectivity index (χ4n) is 3.78. The molecule has 1 saturated heterocycles. The van der Waals surface area contributed by atoms with Crippen molar-refractivity contribution in [2.24, 2.45) is 0 Å². The second-order valence-electron chi connectivity index (χ2n) is 7.24. The molecule has 144 valence electrons. The van der Waals surface area contributed by atoms with Gasteiger partial charge in [-0.2, -0.15) is 4.98 Å². The van der Waals surface area contributed by atoms with Crippen LogP contribution >= 0.6 is 0 Å². The van der Waals surface area contributed by atoms with Crippen molar-refractivity contribution in [1.29, 1.82) is 0 Å². The number of nitrogens with zero attached hydrogens (tertiary/aromatic N) is 4. The molecular weight excluding hydrogens is 356 g/mol. The SMILES string of the molecule is Cc1ccccc1-c1noc(-c2ccc(N3CCCC[C@@H]3C)c([N+](=O)[O-])c2)n1. The first kappa shape index (κ1) is 18.2. The Labute approximate surface area is 163 Å². The highest BCUT2D eigenvalue weighted by Crippen LogP contribution is 2.36. The highest BCUT2D eigenvalue weighted by molar-refractivity contribution is 5.72. The van der Waals surface area contributed by atoms with Crippen LogP contribution in [0.1, 0.15) is 31.7 Å². The Balaban J connectivity index is 1.71. The summed E-state index contributed by atoms with van der Waals surface area (Å²) in [6.45, 7) is 4.92. The van der Waals surface area contributed by atoms with E-state index in [2.05, 4.69) is 22.0 Å². The van der Waals surface area contributed by atoms with Crippen LogP contribution in [-0.4, -0.2) is 27.7 Å². The van der Waals surface area contributed by atoms with Gasteiger partial charge in [0.05, 0.1) is 4.92 Å². The molecule has 2 aromatic carbocycles. The summed E-state index contributed by atoms with van der Waals surface area (Å²) in [6, 6.07) is 13.2. The largest absolute Gasteiger partial charge is 0.363 e. The molecule has 0 unspecified atom stereocenters. The molecule has 0 amide bonds. The van der Waals surface area contributed by atoms with Crippen LogP contribution in [-0.2, 0) is 0 Å². The van der Waals surface area contributed by atoms with Crippen molar-refractivity contribution in [2.75, 3.05) is 11.4 Å². The van der Waals surface area contributed by atoms with Crippen LogP contribution in [0.2, 0.25) is 0 Å². The second kappa shape index (κ2) is 7.42. The van der Waals surface area contributed by atoms with E-state index in [1.54, 1.807) is 6.07 Å². The number of benzene rings is 2. The Bertz CT molecular complexity index is 1010. The van der Waals surface area contributed by atoms with E-state index in [-0.39, 0.29) is 22.5 Å². The van der Waals surface area contributed by atoms with Gasteiger partial charge in [-0.15, -0.1) is 0 Å². The number of rotatable bonds is 4. The van der Waals surface area contributed by atoms with E-state index in [1.807, 2.05) is 37.3 Å². The van der Waals surface area contributed by atoms with Gasteiger partial charge >= 0.3 is 0 Å². The molecule has 1 aliphatic heterocycles. The van der Waals surface area contributed by atoms with Gasteiger partial charge in [-0.3, -0.25) is 10.1 Å². The second-order valence-corrected chi connectivity index (χ2v) is 7.24. The zero-order valence-corrected chi connectivity index (χ0v) is 16.0. The topological polar surface area (TPSA) is 85.3 Å². The number of aromatic nitrogens is 2. The third-order valence-electron chi connectivity index (χ3n) is 5.34. The molecule has 0 aliphatic carbocycles. The molecule has 0 spiro atoms. The summed E-state index contributed by atoms with van der Waals surface area (Å²) in [5.41, 5.74) is 3.19. The van der Waals surface area contributed by atoms with Gasteiger partial charge in [-0.1, -0.05) is 29.4 Å². The summed E-state index contributed by atoms with van der Waals surface area (Å²) in [5, 5.41) is 15.8. The number of anilines is 1. The molecule has 1 aromatic heterocycles. The van der Waals surface area contributed by atoms with Gasteiger partial charge < -0.3 is 9.42 Å². The van der Waals surface area contributed by atoms with Crippen LogP contribution in [0.3, 0.4) is 0 Å². The van der Waals surface area contributed by atoms with E-state index in [0.717, 1.165) is 36.9 Å². The highest BCUT2D eigenvalue weighted by Gasteiger charge is 2.27. The average molecular weight is 378 g/mol. The summed E-state index contributed by atoms with van der Waals surface area (Å²) in [6.07, 6.45) is 3.25. The first-order chi connectivity index (χ1) is 13.5. The Morgan fingerprint density at radius 3 is 2.79 bits per heavy atom. The summed E-state index contributed by atoms with van der Waals surface area (Å²) < 4.78 is 5.40. The highest BCUT2D eigenvalue weighted by atomic mass is 16.6. The number of hydrogen-bond acceptors (Lipinski definition) is 6. The van der Waals surface area contributed by atoms with Gasteiger partial charge in [0, 0.05) is 29.8 Å².